The fourth-order valence-corrected chi connectivity index (χ4v) is 2.81. The molecule has 3 nitrogen and oxygen atoms in total. The summed E-state index contributed by atoms with van der Waals surface area (Å²) < 4.78 is 15.8. The van der Waals surface area contributed by atoms with Gasteiger partial charge in [0.25, 0.3) is 0 Å². The predicted octanol–water partition coefficient (Wildman–Crippen LogP) is 3.22. The quantitative estimate of drug-likeness (QED) is 0.915. The Bertz CT molecular complexity index is 680. The van der Waals surface area contributed by atoms with Crippen LogP contribution in [0.5, 0.6) is 0 Å². The fraction of sp³-hybridized carbons (Fsp3) is 0.353. The van der Waals surface area contributed by atoms with E-state index in [1.807, 2.05) is 17.8 Å². The highest BCUT2D eigenvalue weighted by Gasteiger charge is 2.31. The lowest BCUT2D eigenvalue weighted by atomic mass is 10.1. The molecule has 1 fully saturated rings. The highest BCUT2D eigenvalue weighted by atomic mass is 19.1. The van der Waals surface area contributed by atoms with Crippen molar-refractivity contribution in [3.8, 4) is 6.07 Å². The molecule has 1 saturated carbocycles. The van der Waals surface area contributed by atoms with Crippen LogP contribution >= 0.6 is 0 Å². The molecule has 1 heterocycles. The number of benzene rings is 1. The molecule has 21 heavy (non-hydrogen) atoms. The fourth-order valence-electron chi connectivity index (χ4n) is 2.81. The number of nitrogens with one attached hydrogen (secondary N) is 1. The largest absolute Gasteiger partial charge is 0.349 e. The standard InChI is InChI=1S/C17H18FN3/c1-20-17(13-3-4-13)14-6-7-21(10-14)11-15-8-12(9-19)2-5-16(15)18/h2,5-8,10,13,17,20H,3-4,11H2,1H3. The second-order valence-electron chi connectivity index (χ2n) is 5.64. The Balaban J connectivity index is 1.79. The normalized spacial score (nSPS) is 15.7. The molecule has 1 unspecified atom stereocenters. The molecular formula is C17H18FN3. The summed E-state index contributed by atoms with van der Waals surface area (Å²) in [5.41, 5.74) is 2.28. The van der Waals surface area contributed by atoms with E-state index in [1.165, 1.54) is 30.5 Å². The van der Waals surface area contributed by atoms with Gasteiger partial charge in [-0.1, -0.05) is 0 Å². The van der Waals surface area contributed by atoms with Crippen LogP contribution in [0.2, 0.25) is 0 Å². The first kappa shape index (κ1) is 13.8. The van der Waals surface area contributed by atoms with Crippen LogP contribution in [0.4, 0.5) is 4.39 Å². The monoisotopic (exact) mass is 283 g/mol. The third-order valence-corrected chi connectivity index (χ3v) is 4.06. The van der Waals surface area contributed by atoms with Gasteiger partial charge in [-0.2, -0.15) is 5.26 Å². The average Bonchev–Trinajstić information content (AvgIpc) is 3.22. The van der Waals surface area contributed by atoms with Crippen molar-refractivity contribution in [2.75, 3.05) is 7.05 Å². The van der Waals surface area contributed by atoms with Gasteiger partial charge in [-0.3, -0.25) is 0 Å². The lowest BCUT2D eigenvalue weighted by molar-refractivity contribution is 0.527. The van der Waals surface area contributed by atoms with Crippen LogP contribution in [-0.4, -0.2) is 11.6 Å². The van der Waals surface area contributed by atoms with Gasteiger partial charge in [0, 0.05) is 30.5 Å². The maximum atomic E-state index is 13.8. The minimum Gasteiger partial charge on any atom is -0.349 e. The molecule has 4 heteroatoms. The van der Waals surface area contributed by atoms with E-state index in [0.29, 0.717) is 23.7 Å². The Morgan fingerprint density at radius 1 is 1.43 bits per heavy atom. The van der Waals surface area contributed by atoms with E-state index in [0.717, 1.165) is 5.92 Å². The average molecular weight is 283 g/mol. The summed E-state index contributed by atoms with van der Waals surface area (Å²) in [7, 11) is 1.98. The molecule has 1 aliphatic carbocycles. The maximum Gasteiger partial charge on any atom is 0.128 e. The summed E-state index contributed by atoms with van der Waals surface area (Å²) in [6, 6.07) is 9.01. The second-order valence-corrected chi connectivity index (χ2v) is 5.64. The highest BCUT2D eigenvalue weighted by molar-refractivity contribution is 5.34. The van der Waals surface area contributed by atoms with E-state index in [9.17, 15) is 4.39 Å². The number of nitriles is 1. The van der Waals surface area contributed by atoms with E-state index < -0.39 is 0 Å². The number of nitrogens with zero attached hydrogens (tertiary/aromatic N) is 2. The number of halogens is 1. The minimum atomic E-state index is -0.267. The van der Waals surface area contributed by atoms with Crippen LogP contribution in [0.25, 0.3) is 0 Å². The van der Waals surface area contributed by atoms with Crippen LogP contribution in [-0.2, 0) is 6.54 Å². The third-order valence-electron chi connectivity index (χ3n) is 4.06. The number of hydrogen-bond donors (Lipinski definition) is 1. The van der Waals surface area contributed by atoms with E-state index in [4.69, 9.17) is 5.26 Å². The van der Waals surface area contributed by atoms with Gasteiger partial charge in [-0.25, -0.2) is 4.39 Å². The van der Waals surface area contributed by atoms with Gasteiger partial charge in [0.15, 0.2) is 0 Å². The summed E-state index contributed by atoms with van der Waals surface area (Å²) in [5, 5.41) is 12.3. The van der Waals surface area contributed by atoms with E-state index in [2.05, 4.69) is 23.6 Å². The molecule has 0 saturated heterocycles. The Labute approximate surface area is 124 Å². The summed E-state index contributed by atoms with van der Waals surface area (Å²) in [4.78, 5) is 0. The summed E-state index contributed by atoms with van der Waals surface area (Å²) in [6.07, 6.45) is 6.59. The van der Waals surface area contributed by atoms with Crippen molar-refractivity contribution in [2.45, 2.75) is 25.4 Å². The van der Waals surface area contributed by atoms with E-state index >= 15 is 0 Å². The van der Waals surface area contributed by atoms with Gasteiger partial charge in [-0.15, -0.1) is 0 Å². The van der Waals surface area contributed by atoms with Crippen molar-refractivity contribution < 1.29 is 4.39 Å². The first-order valence-electron chi connectivity index (χ1n) is 7.22. The topological polar surface area (TPSA) is 40.8 Å². The third kappa shape index (κ3) is 2.98. The van der Waals surface area contributed by atoms with Gasteiger partial charge in [0.05, 0.1) is 11.6 Å². The van der Waals surface area contributed by atoms with Crippen molar-refractivity contribution in [2.24, 2.45) is 5.92 Å². The van der Waals surface area contributed by atoms with Crippen LogP contribution in [0.15, 0.2) is 36.7 Å². The zero-order chi connectivity index (χ0) is 14.8. The van der Waals surface area contributed by atoms with Gasteiger partial charge >= 0.3 is 0 Å². The highest BCUT2D eigenvalue weighted by Crippen LogP contribution is 2.40. The zero-order valence-electron chi connectivity index (χ0n) is 12.0. The molecule has 1 aromatic heterocycles. The van der Waals surface area contributed by atoms with Crippen LogP contribution in [0.3, 0.4) is 0 Å². The first-order chi connectivity index (χ1) is 10.2. The lowest BCUT2D eigenvalue weighted by Gasteiger charge is -2.13. The summed E-state index contributed by atoms with van der Waals surface area (Å²) >= 11 is 0. The van der Waals surface area contributed by atoms with Crippen molar-refractivity contribution >= 4 is 0 Å². The SMILES string of the molecule is CNC(c1ccn(Cc2cc(C#N)ccc2F)c1)C1CC1. The Hall–Kier alpha value is -2.12. The molecule has 0 spiro atoms. The van der Waals surface area contributed by atoms with Gasteiger partial charge in [0.2, 0.25) is 0 Å². The molecule has 1 aliphatic rings. The van der Waals surface area contributed by atoms with Gasteiger partial charge in [0.1, 0.15) is 5.82 Å². The predicted molar refractivity (Wildman–Crippen MR) is 79.2 cm³/mol. The zero-order valence-corrected chi connectivity index (χ0v) is 12.0. The number of aromatic nitrogens is 1. The van der Waals surface area contributed by atoms with Crippen LogP contribution in [0.1, 0.15) is 35.6 Å². The van der Waals surface area contributed by atoms with Crippen LogP contribution < -0.4 is 5.32 Å². The first-order valence-corrected chi connectivity index (χ1v) is 7.22. The molecule has 0 aliphatic heterocycles. The number of hydrogen-bond acceptors (Lipinski definition) is 2. The summed E-state index contributed by atoms with van der Waals surface area (Å²) in [6.45, 7) is 0.447. The molecule has 1 N–H and O–H groups in total. The molecule has 0 bridgehead atoms. The molecule has 2 aromatic rings. The smallest absolute Gasteiger partial charge is 0.128 e. The number of rotatable bonds is 5. The van der Waals surface area contributed by atoms with Gasteiger partial charge in [-0.05, 0) is 55.6 Å². The Kier molecular flexibility index (Phi) is 3.76. The molecule has 1 atom stereocenters. The van der Waals surface area contributed by atoms with Gasteiger partial charge < -0.3 is 9.88 Å². The van der Waals surface area contributed by atoms with E-state index in [-0.39, 0.29) is 5.82 Å². The molecule has 0 radical (unpaired) electrons. The van der Waals surface area contributed by atoms with Crippen molar-refractivity contribution in [1.29, 1.82) is 5.26 Å². The lowest BCUT2D eigenvalue weighted by Crippen LogP contribution is -2.17. The Morgan fingerprint density at radius 2 is 2.24 bits per heavy atom. The maximum absolute atomic E-state index is 13.8. The van der Waals surface area contributed by atoms with E-state index in [1.54, 1.807) is 6.07 Å². The van der Waals surface area contributed by atoms with Crippen molar-refractivity contribution in [3.05, 3.63) is 59.2 Å². The Morgan fingerprint density at radius 3 is 2.90 bits per heavy atom. The van der Waals surface area contributed by atoms with Crippen LogP contribution in [0, 0.1) is 23.1 Å². The minimum absolute atomic E-state index is 0.267. The molecule has 0 amide bonds. The molecular weight excluding hydrogens is 265 g/mol. The van der Waals surface area contributed by atoms with Crippen molar-refractivity contribution in [3.63, 3.8) is 0 Å². The molecule has 3 rings (SSSR count). The summed E-state index contributed by atoms with van der Waals surface area (Å²) in [5.74, 6) is 0.459. The second kappa shape index (κ2) is 5.71. The molecule has 108 valence electrons. The van der Waals surface area contributed by atoms with Crippen molar-refractivity contribution in [1.82, 2.24) is 9.88 Å². The molecule has 1 aromatic carbocycles.